The third-order valence-electron chi connectivity index (χ3n) is 3.30. The number of nitrogens with zero attached hydrogens (tertiary/aromatic N) is 4. The summed E-state index contributed by atoms with van der Waals surface area (Å²) in [4.78, 5) is 15.8. The van der Waals surface area contributed by atoms with Gasteiger partial charge < -0.3 is 9.80 Å². The zero-order chi connectivity index (χ0) is 14.2. The lowest BCUT2D eigenvalue weighted by Gasteiger charge is -2.17. The summed E-state index contributed by atoms with van der Waals surface area (Å²) in [6.07, 6.45) is 0.904. The van der Waals surface area contributed by atoms with Gasteiger partial charge in [0.15, 0.2) is 0 Å². The molecule has 1 aromatic rings. The minimum atomic E-state index is 0.0362. The number of hydrogen-bond acceptors (Lipinski definition) is 5. The first-order chi connectivity index (χ1) is 8.79. The van der Waals surface area contributed by atoms with Gasteiger partial charge in [0.05, 0.1) is 5.92 Å². The molecule has 2 rings (SSSR count). The smallest absolute Gasteiger partial charge is 0.227 e. The van der Waals surface area contributed by atoms with Gasteiger partial charge in [-0.05, 0) is 6.42 Å². The Morgan fingerprint density at radius 1 is 1.37 bits per heavy atom. The van der Waals surface area contributed by atoms with Gasteiger partial charge in [-0.15, -0.1) is 10.2 Å². The summed E-state index contributed by atoms with van der Waals surface area (Å²) in [5, 5.41) is 10.5. The lowest BCUT2D eigenvalue weighted by molar-refractivity contribution is -0.132. The van der Waals surface area contributed by atoms with E-state index in [0.29, 0.717) is 0 Å². The van der Waals surface area contributed by atoms with Gasteiger partial charge in [-0.3, -0.25) is 4.79 Å². The molecule has 1 atom stereocenters. The second-order valence-electron chi connectivity index (χ2n) is 6.30. The molecule has 6 heteroatoms. The van der Waals surface area contributed by atoms with E-state index in [1.807, 2.05) is 14.1 Å². The zero-order valence-electron chi connectivity index (χ0n) is 12.3. The van der Waals surface area contributed by atoms with Crippen LogP contribution in [-0.4, -0.2) is 48.2 Å². The third kappa shape index (κ3) is 3.05. The number of carbonyl (C=O) groups excluding carboxylic acids is 1. The summed E-state index contributed by atoms with van der Waals surface area (Å²) in [6, 6.07) is 0. The predicted octanol–water partition coefficient (Wildman–Crippen LogP) is 1.75. The molecule has 0 spiro atoms. The highest BCUT2D eigenvalue weighted by molar-refractivity contribution is 7.15. The predicted molar refractivity (Wildman–Crippen MR) is 77.6 cm³/mol. The highest BCUT2D eigenvalue weighted by atomic mass is 32.1. The molecular weight excluding hydrogens is 260 g/mol. The van der Waals surface area contributed by atoms with Crippen LogP contribution in [0, 0.1) is 5.92 Å². The Hall–Kier alpha value is -1.17. The zero-order valence-corrected chi connectivity index (χ0v) is 13.1. The highest BCUT2D eigenvalue weighted by Gasteiger charge is 2.31. The molecule has 19 heavy (non-hydrogen) atoms. The fraction of sp³-hybridized carbons (Fsp3) is 0.769. The average molecular weight is 282 g/mol. The molecule has 0 saturated carbocycles. The normalized spacial score (nSPS) is 19.8. The summed E-state index contributed by atoms with van der Waals surface area (Å²) < 4.78 is 0. The summed E-state index contributed by atoms with van der Waals surface area (Å²) in [7, 11) is 3.63. The van der Waals surface area contributed by atoms with Gasteiger partial charge in [0.2, 0.25) is 11.0 Å². The van der Waals surface area contributed by atoms with Crippen molar-refractivity contribution in [3.63, 3.8) is 0 Å². The van der Waals surface area contributed by atoms with Gasteiger partial charge >= 0.3 is 0 Å². The molecule has 1 unspecified atom stereocenters. The Balaban J connectivity index is 2.05. The van der Waals surface area contributed by atoms with E-state index >= 15 is 0 Å². The minimum Gasteiger partial charge on any atom is -0.349 e. The number of hydrogen-bond donors (Lipinski definition) is 0. The van der Waals surface area contributed by atoms with Crippen molar-refractivity contribution in [2.24, 2.45) is 5.92 Å². The van der Waals surface area contributed by atoms with E-state index < -0.39 is 0 Å². The maximum absolute atomic E-state index is 12.0. The van der Waals surface area contributed by atoms with Gasteiger partial charge in [0, 0.05) is 32.6 Å². The Kier molecular flexibility index (Phi) is 3.80. The van der Waals surface area contributed by atoms with E-state index in [0.717, 1.165) is 29.6 Å². The van der Waals surface area contributed by atoms with Crippen LogP contribution in [0.4, 0.5) is 5.13 Å². The molecule has 1 fully saturated rings. The molecule has 0 aromatic carbocycles. The van der Waals surface area contributed by atoms with Crippen LogP contribution >= 0.6 is 11.3 Å². The van der Waals surface area contributed by atoms with Gasteiger partial charge in [0.25, 0.3) is 0 Å². The topological polar surface area (TPSA) is 49.3 Å². The fourth-order valence-corrected chi connectivity index (χ4v) is 3.08. The monoisotopic (exact) mass is 282 g/mol. The van der Waals surface area contributed by atoms with Crippen molar-refractivity contribution in [1.82, 2.24) is 15.1 Å². The number of aromatic nitrogens is 2. The molecule has 1 aromatic heterocycles. The number of anilines is 1. The molecule has 0 aliphatic carbocycles. The van der Waals surface area contributed by atoms with Crippen molar-refractivity contribution in [1.29, 1.82) is 0 Å². The van der Waals surface area contributed by atoms with Crippen LogP contribution in [-0.2, 0) is 10.2 Å². The Morgan fingerprint density at radius 3 is 2.58 bits per heavy atom. The second kappa shape index (κ2) is 5.07. The molecule has 106 valence electrons. The van der Waals surface area contributed by atoms with E-state index in [-0.39, 0.29) is 17.2 Å². The van der Waals surface area contributed by atoms with E-state index in [4.69, 9.17) is 0 Å². The van der Waals surface area contributed by atoms with Crippen molar-refractivity contribution >= 4 is 22.4 Å². The van der Waals surface area contributed by atoms with Gasteiger partial charge in [-0.25, -0.2) is 0 Å². The average Bonchev–Trinajstić information content (AvgIpc) is 2.95. The number of rotatable bonds is 2. The van der Waals surface area contributed by atoms with Gasteiger partial charge in [-0.1, -0.05) is 32.1 Å². The molecule has 1 amide bonds. The molecule has 5 nitrogen and oxygen atoms in total. The molecular formula is C13H22N4OS. The van der Waals surface area contributed by atoms with Gasteiger partial charge in [0.1, 0.15) is 5.01 Å². The molecule has 0 bridgehead atoms. The molecule has 1 saturated heterocycles. The largest absolute Gasteiger partial charge is 0.349 e. The van der Waals surface area contributed by atoms with Crippen LogP contribution in [0.25, 0.3) is 0 Å². The number of carbonyl (C=O) groups is 1. The maximum atomic E-state index is 12.0. The first-order valence-electron chi connectivity index (χ1n) is 6.59. The fourth-order valence-electron chi connectivity index (χ4n) is 2.15. The third-order valence-corrected chi connectivity index (χ3v) is 4.71. The summed E-state index contributed by atoms with van der Waals surface area (Å²) in [5.74, 6) is 0.306. The van der Waals surface area contributed by atoms with Crippen LogP contribution in [0.15, 0.2) is 0 Å². The SMILES string of the molecule is CN(C)C(=O)C1CCN(c2nnc(C(C)(C)C)s2)C1. The summed E-state index contributed by atoms with van der Waals surface area (Å²) >= 11 is 1.64. The summed E-state index contributed by atoms with van der Waals surface area (Å²) in [6.45, 7) is 8.07. The molecule has 0 radical (unpaired) electrons. The highest BCUT2D eigenvalue weighted by Crippen LogP contribution is 2.32. The molecule has 2 heterocycles. The van der Waals surface area contributed by atoms with Crippen LogP contribution in [0.2, 0.25) is 0 Å². The Labute approximate surface area is 118 Å². The number of amides is 1. The van der Waals surface area contributed by atoms with E-state index in [1.165, 1.54) is 0 Å². The van der Waals surface area contributed by atoms with E-state index in [2.05, 4.69) is 35.9 Å². The second-order valence-corrected chi connectivity index (χ2v) is 7.26. The lowest BCUT2D eigenvalue weighted by atomic mass is 9.98. The first-order valence-corrected chi connectivity index (χ1v) is 7.41. The summed E-state index contributed by atoms with van der Waals surface area (Å²) in [5.41, 5.74) is 0.0362. The van der Waals surface area contributed by atoms with E-state index in [9.17, 15) is 4.79 Å². The minimum absolute atomic E-state index is 0.0362. The van der Waals surface area contributed by atoms with E-state index in [1.54, 1.807) is 16.2 Å². The maximum Gasteiger partial charge on any atom is 0.227 e. The quantitative estimate of drug-likeness (QED) is 0.829. The standard InChI is InChI=1S/C13H22N4OS/c1-13(2,3)11-14-15-12(19-11)17-7-6-9(8-17)10(18)16(4)5/h9H,6-8H2,1-5H3. The molecule has 1 aliphatic rings. The Morgan fingerprint density at radius 2 is 2.05 bits per heavy atom. The molecule has 1 aliphatic heterocycles. The van der Waals surface area contributed by atoms with Crippen molar-refractivity contribution in [2.75, 3.05) is 32.1 Å². The van der Waals surface area contributed by atoms with Crippen LogP contribution in [0.3, 0.4) is 0 Å². The lowest BCUT2D eigenvalue weighted by Crippen LogP contribution is -2.31. The van der Waals surface area contributed by atoms with Crippen molar-refractivity contribution < 1.29 is 4.79 Å². The van der Waals surface area contributed by atoms with Crippen molar-refractivity contribution in [2.45, 2.75) is 32.6 Å². The van der Waals surface area contributed by atoms with Crippen molar-refractivity contribution in [3.05, 3.63) is 5.01 Å². The van der Waals surface area contributed by atoms with Crippen molar-refractivity contribution in [3.8, 4) is 0 Å². The van der Waals surface area contributed by atoms with Crippen LogP contribution in [0.1, 0.15) is 32.2 Å². The molecule has 0 N–H and O–H groups in total. The van der Waals surface area contributed by atoms with Crippen LogP contribution in [0.5, 0.6) is 0 Å². The first kappa shape index (κ1) is 14.2. The Bertz CT molecular complexity index is 463. The van der Waals surface area contributed by atoms with Gasteiger partial charge in [-0.2, -0.15) is 0 Å². The van der Waals surface area contributed by atoms with Crippen LogP contribution < -0.4 is 4.90 Å².